The molecule has 82 heavy (non-hydrogen) atoms. The Balaban J connectivity index is 0.000000514. The van der Waals surface area contributed by atoms with Crippen LogP contribution >= 0.6 is 0 Å². The van der Waals surface area contributed by atoms with Crippen molar-refractivity contribution in [3.05, 3.63) is 157 Å². The van der Waals surface area contributed by atoms with Crippen LogP contribution in [0.15, 0.2) is 84.9 Å². The molecule has 0 radical (unpaired) electrons. The fraction of sp³-hybridized carbons (Fsp3) is 0.586. The molecular weight excluding hydrogens is 1060 g/mol. The van der Waals surface area contributed by atoms with Crippen LogP contribution in [-0.4, -0.2) is 18.5 Å². The Morgan fingerprint density at radius 1 is 0.354 bits per heavy atom. The summed E-state index contributed by atoms with van der Waals surface area (Å²) in [6.45, 7) is 58.1. The van der Waals surface area contributed by atoms with E-state index in [0.29, 0.717) is 47.0 Å². The van der Waals surface area contributed by atoms with Gasteiger partial charge in [-0.25, -0.2) is 4.98 Å². The number of alkyl halides is 9. The van der Waals surface area contributed by atoms with Crippen molar-refractivity contribution < 1.29 is 49.0 Å². The van der Waals surface area contributed by atoms with E-state index in [9.17, 15) is 39.5 Å². The molecule has 462 valence electrons. The maximum Gasteiger partial charge on any atom is 0.574 e. The molecule has 0 fully saturated rings. The second-order valence-electron chi connectivity index (χ2n) is 28.9. The van der Waals surface area contributed by atoms with E-state index < -0.39 is 41.6 Å². The van der Waals surface area contributed by atoms with Gasteiger partial charge in [0.25, 0.3) is 0 Å². The van der Waals surface area contributed by atoms with Gasteiger partial charge in [-0.1, -0.05) is 241 Å². The Bertz CT molecular complexity index is 2740. The standard InChI is InChI=1S/C18H30.C17H28.C13H20.C11H10F6.C11H14F3NO2/c1-16(2,3)13-10-11-14(17(4,5)6)15(12-13)18(7,8)9;1-12(2)13-9-14(16(3,4)5)11-15(10-13)17(6,7)8;1-10(2)11-6-8-12(9-7-11)13(3,4)5;1-6(2)8-5-7(10(12,13)14)3-4-9(8)11(15,16)17;1-6(2)8-5-9(16-4)7(3)15-10(8)17-11(12,13)14/h10-12H,1-9H3;9-12H,1-8H3;6-10H,1-5H3;3-6H,1-2H3;5-6H,1-4H3. The lowest BCUT2D eigenvalue weighted by molar-refractivity contribution is -0.276. The lowest BCUT2D eigenvalue weighted by Crippen LogP contribution is -2.23. The van der Waals surface area contributed by atoms with Crippen molar-refractivity contribution in [1.82, 2.24) is 4.98 Å². The highest BCUT2D eigenvalue weighted by atomic mass is 19.4. The third kappa shape index (κ3) is 24.3. The summed E-state index contributed by atoms with van der Waals surface area (Å²) in [7, 11) is 1.44. The van der Waals surface area contributed by atoms with Gasteiger partial charge in [0.1, 0.15) is 5.75 Å². The Morgan fingerprint density at radius 3 is 1.07 bits per heavy atom. The minimum atomic E-state index is -4.74. The monoisotopic (exact) mass is 1160 g/mol. The molecule has 0 amide bonds. The van der Waals surface area contributed by atoms with E-state index in [1.54, 1.807) is 20.8 Å². The van der Waals surface area contributed by atoms with Gasteiger partial charge >= 0.3 is 18.7 Å². The highest BCUT2D eigenvalue weighted by Gasteiger charge is 2.38. The van der Waals surface area contributed by atoms with Crippen molar-refractivity contribution in [2.45, 2.75) is 262 Å². The molecule has 0 aliphatic rings. The van der Waals surface area contributed by atoms with Gasteiger partial charge < -0.3 is 9.47 Å². The molecular formula is C70H102F9NO2. The van der Waals surface area contributed by atoms with E-state index in [0.717, 1.165) is 0 Å². The van der Waals surface area contributed by atoms with Crippen LogP contribution in [0.3, 0.4) is 0 Å². The van der Waals surface area contributed by atoms with Gasteiger partial charge in [-0.3, -0.25) is 0 Å². The van der Waals surface area contributed by atoms with Crippen LogP contribution in [0.2, 0.25) is 0 Å². The van der Waals surface area contributed by atoms with Gasteiger partial charge in [-0.05, 0) is 137 Å². The number of halogens is 9. The zero-order valence-electron chi connectivity index (χ0n) is 55.1. The van der Waals surface area contributed by atoms with Gasteiger partial charge in [0.2, 0.25) is 5.88 Å². The number of hydrogen-bond donors (Lipinski definition) is 0. The molecule has 0 aliphatic heterocycles. The topological polar surface area (TPSA) is 31.4 Å². The fourth-order valence-corrected chi connectivity index (χ4v) is 8.37. The molecule has 5 rings (SSSR count). The van der Waals surface area contributed by atoms with E-state index in [4.69, 9.17) is 4.74 Å². The van der Waals surface area contributed by atoms with Gasteiger partial charge in [-0.2, -0.15) is 26.3 Å². The SMILES string of the molecule is CC(C)(C)c1ccc(C(C)(C)C)c(C(C)(C)C)c1.CC(C)c1cc(C(C)(C)C)cc(C(C)(C)C)c1.CC(C)c1cc(C(F)(F)F)ccc1C(F)(F)F.CC(C)c1ccc(C(C)(C)C)cc1.COc1cc(C(C)C)c(OC(F)(F)F)nc1C. The summed E-state index contributed by atoms with van der Waals surface area (Å²) < 4.78 is 120. The number of ether oxygens (including phenoxy) is 2. The van der Waals surface area contributed by atoms with E-state index in [2.05, 4.69) is 223 Å². The number of nitrogens with zero attached hydrogens (tertiary/aromatic N) is 1. The Hall–Kier alpha value is -5.00. The summed E-state index contributed by atoms with van der Waals surface area (Å²) in [6, 6.07) is 26.2. The molecule has 12 heteroatoms. The summed E-state index contributed by atoms with van der Waals surface area (Å²) in [6.07, 6.45) is -14.0. The summed E-state index contributed by atoms with van der Waals surface area (Å²) in [4.78, 5) is 3.78. The van der Waals surface area contributed by atoms with Gasteiger partial charge in [-0.15, -0.1) is 13.2 Å². The minimum Gasteiger partial charge on any atom is -0.495 e. The second-order valence-corrected chi connectivity index (χ2v) is 28.9. The molecule has 0 saturated carbocycles. The summed E-state index contributed by atoms with van der Waals surface area (Å²) in [5, 5.41) is 0. The molecule has 4 aromatic carbocycles. The summed E-state index contributed by atoms with van der Waals surface area (Å²) in [5.41, 5.74) is 11.3. The first-order valence-electron chi connectivity index (χ1n) is 28.5. The van der Waals surface area contributed by atoms with E-state index in [1.807, 2.05) is 0 Å². The second kappa shape index (κ2) is 28.3. The number of hydrogen-bond acceptors (Lipinski definition) is 3. The van der Waals surface area contributed by atoms with Crippen LogP contribution in [0.4, 0.5) is 39.5 Å². The maximum atomic E-state index is 12.6. The van der Waals surface area contributed by atoms with Crippen LogP contribution < -0.4 is 9.47 Å². The molecule has 5 aromatic rings. The number of methoxy groups -OCH3 is 1. The lowest BCUT2D eigenvalue weighted by atomic mass is 9.73. The van der Waals surface area contributed by atoms with Crippen LogP contribution in [0, 0.1) is 6.92 Å². The minimum absolute atomic E-state index is 0.144. The first-order valence-corrected chi connectivity index (χ1v) is 28.5. The number of benzene rings is 4. The highest BCUT2D eigenvalue weighted by molar-refractivity contribution is 5.44. The highest BCUT2D eigenvalue weighted by Crippen LogP contribution is 2.41. The first kappa shape index (κ1) is 75.0. The van der Waals surface area contributed by atoms with Crippen molar-refractivity contribution in [3.8, 4) is 11.6 Å². The molecule has 0 unspecified atom stereocenters. The zero-order valence-corrected chi connectivity index (χ0v) is 55.1. The molecule has 1 aromatic heterocycles. The molecule has 0 bridgehead atoms. The predicted octanol–water partition coefficient (Wildman–Crippen LogP) is 23.4. The Kier molecular flexibility index (Phi) is 25.8. The normalized spacial score (nSPS) is 12.9. The quantitative estimate of drug-likeness (QED) is 0.159. The fourth-order valence-electron chi connectivity index (χ4n) is 8.37. The third-order valence-electron chi connectivity index (χ3n) is 13.8. The molecule has 1 heterocycles. The summed E-state index contributed by atoms with van der Waals surface area (Å²) in [5.74, 6) is 0.490. The predicted molar refractivity (Wildman–Crippen MR) is 327 cm³/mol. The van der Waals surface area contributed by atoms with Gasteiger partial charge in [0.05, 0.1) is 23.9 Å². The number of rotatable bonds is 6. The van der Waals surface area contributed by atoms with Crippen molar-refractivity contribution >= 4 is 0 Å². The Labute approximate surface area is 490 Å². The van der Waals surface area contributed by atoms with Gasteiger partial charge in [0, 0.05) is 5.56 Å². The zero-order chi connectivity index (χ0) is 64.5. The lowest BCUT2D eigenvalue weighted by Gasteiger charge is -2.32. The van der Waals surface area contributed by atoms with Crippen molar-refractivity contribution in [3.63, 3.8) is 0 Å². The average Bonchev–Trinajstić information content (AvgIpc) is 3.29. The van der Waals surface area contributed by atoms with E-state index in [1.165, 1.54) is 71.5 Å². The summed E-state index contributed by atoms with van der Waals surface area (Å²) >= 11 is 0. The van der Waals surface area contributed by atoms with Crippen LogP contribution in [-0.2, 0) is 44.8 Å². The van der Waals surface area contributed by atoms with E-state index in [-0.39, 0.29) is 44.0 Å². The smallest absolute Gasteiger partial charge is 0.495 e. The van der Waals surface area contributed by atoms with Crippen LogP contribution in [0.1, 0.15) is 276 Å². The van der Waals surface area contributed by atoms with Gasteiger partial charge in [0.15, 0.2) is 0 Å². The van der Waals surface area contributed by atoms with E-state index >= 15 is 0 Å². The van der Waals surface area contributed by atoms with Crippen molar-refractivity contribution in [1.29, 1.82) is 0 Å². The first-order chi connectivity index (χ1) is 36.5. The Morgan fingerprint density at radius 2 is 0.744 bits per heavy atom. The molecule has 0 spiro atoms. The molecule has 0 saturated heterocycles. The van der Waals surface area contributed by atoms with Crippen molar-refractivity contribution in [2.24, 2.45) is 0 Å². The number of aryl methyl sites for hydroxylation is 1. The molecule has 0 N–H and O–H groups in total. The van der Waals surface area contributed by atoms with Crippen molar-refractivity contribution in [2.75, 3.05) is 7.11 Å². The van der Waals surface area contributed by atoms with Crippen LogP contribution in [0.5, 0.6) is 11.6 Å². The molecule has 3 nitrogen and oxygen atoms in total. The average molecular weight is 1160 g/mol. The van der Waals surface area contributed by atoms with Crippen LogP contribution in [0.25, 0.3) is 0 Å². The third-order valence-corrected chi connectivity index (χ3v) is 13.8. The number of pyridine rings is 1. The molecule has 0 aliphatic carbocycles. The maximum absolute atomic E-state index is 12.6. The molecule has 0 atom stereocenters. The number of aromatic nitrogens is 1. The largest absolute Gasteiger partial charge is 0.574 e.